The summed E-state index contributed by atoms with van der Waals surface area (Å²) in [7, 11) is 0. The number of Topliss-reactive ketones (excluding diaryl/α,β-unsaturated/α-hetero) is 1. The van der Waals surface area contributed by atoms with Crippen molar-refractivity contribution in [1.29, 1.82) is 0 Å². The van der Waals surface area contributed by atoms with Gasteiger partial charge in [0.25, 0.3) is 0 Å². The lowest BCUT2D eigenvalue weighted by Gasteiger charge is -2.22. The summed E-state index contributed by atoms with van der Waals surface area (Å²) in [5, 5.41) is 0. The Hall–Kier alpha value is -0.410. The first-order valence-corrected chi connectivity index (χ1v) is 5.05. The molecule has 1 aliphatic heterocycles. The Bertz CT molecular complexity index is 164. The molecule has 0 aromatic rings. The van der Waals surface area contributed by atoms with Gasteiger partial charge in [-0.25, -0.2) is 0 Å². The van der Waals surface area contributed by atoms with Gasteiger partial charge in [-0.3, -0.25) is 9.69 Å². The molecular weight excluding hydrogens is 166 g/mol. The number of nitrogens with zero attached hydrogens (tertiary/aromatic N) is 1. The van der Waals surface area contributed by atoms with E-state index < -0.39 is 0 Å². The van der Waals surface area contributed by atoms with Crippen molar-refractivity contribution in [2.45, 2.75) is 32.8 Å². The van der Waals surface area contributed by atoms with Gasteiger partial charge < -0.3 is 4.74 Å². The molecule has 0 spiro atoms. The molecule has 0 aromatic heterocycles. The molecule has 0 aliphatic carbocycles. The molecule has 1 rings (SSSR count). The normalized spacial score (nSPS) is 22.5. The molecule has 3 nitrogen and oxygen atoms in total. The molecular formula is C10H19NO2. The molecule has 1 heterocycles. The molecule has 1 fully saturated rings. The van der Waals surface area contributed by atoms with Crippen LogP contribution < -0.4 is 0 Å². The summed E-state index contributed by atoms with van der Waals surface area (Å²) in [5.41, 5.74) is 0. The topological polar surface area (TPSA) is 29.5 Å². The third kappa shape index (κ3) is 3.87. The first-order valence-electron chi connectivity index (χ1n) is 5.05. The molecule has 0 saturated carbocycles. The van der Waals surface area contributed by atoms with Crippen LogP contribution in [0.5, 0.6) is 0 Å². The number of hydrogen-bond acceptors (Lipinski definition) is 3. The van der Waals surface area contributed by atoms with Gasteiger partial charge in [0.15, 0.2) is 0 Å². The van der Waals surface area contributed by atoms with E-state index in [1.165, 1.54) is 6.42 Å². The fourth-order valence-electron chi connectivity index (χ4n) is 1.70. The van der Waals surface area contributed by atoms with E-state index in [-0.39, 0.29) is 5.78 Å². The van der Waals surface area contributed by atoms with Crippen molar-refractivity contribution in [2.24, 2.45) is 0 Å². The SMILES string of the molecule is CCN(CC(C)=O)CC1CCCO1. The zero-order valence-electron chi connectivity index (χ0n) is 8.58. The van der Waals surface area contributed by atoms with Crippen LogP contribution in [0.2, 0.25) is 0 Å². The lowest BCUT2D eigenvalue weighted by atomic mass is 10.2. The van der Waals surface area contributed by atoms with Gasteiger partial charge in [0, 0.05) is 13.2 Å². The highest BCUT2D eigenvalue weighted by molar-refractivity contribution is 5.77. The maximum absolute atomic E-state index is 10.9. The molecule has 0 amide bonds. The highest BCUT2D eigenvalue weighted by atomic mass is 16.5. The van der Waals surface area contributed by atoms with E-state index in [1.807, 2.05) is 0 Å². The number of carbonyl (C=O) groups excluding carboxylic acids is 1. The van der Waals surface area contributed by atoms with Gasteiger partial charge >= 0.3 is 0 Å². The third-order valence-corrected chi connectivity index (χ3v) is 2.38. The fourth-order valence-corrected chi connectivity index (χ4v) is 1.70. The van der Waals surface area contributed by atoms with E-state index in [1.54, 1.807) is 6.92 Å². The first-order chi connectivity index (χ1) is 6.22. The van der Waals surface area contributed by atoms with E-state index in [2.05, 4.69) is 11.8 Å². The van der Waals surface area contributed by atoms with Crippen LogP contribution >= 0.6 is 0 Å². The van der Waals surface area contributed by atoms with Crippen LogP contribution in [0.25, 0.3) is 0 Å². The summed E-state index contributed by atoms with van der Waals surface area (Å²) in [6.45, 7) is 7.02. The zero-order valence-corrected chi connectivity index (χ0v) is 8.58. The quantitative estimate of drug-likeness (QED) is 0.642. The summed E-state index contributed by atoms with van der Waals surface area (Å²) >= 11 is 0. The van der Waals surface area contributed by atoms with Crippen molar-refractivity contribution in [1.82, 2.24) is 4.90 Å². The zero-order chi connectivity index (χ0) is 9.68. The predicted octanol–water partition coefficient (Wildman–Crippen LogP) is 1.08. The van der Waals surface area contributed by atoms with E-state index >= 15 is 0 Å². The van der Waals surface area contributed by atoms with Crippen LogP contribution in [-0.4, -0.2) is 43.0 Å². The average molecular weight is 185 g/mol. The Morgan fingerprint density at radius 2 is 2.38 bits per heavy atom. The molecule has 1 aliphatic rings. The minimum absolute atomic E-state index is 0.236. The monoisotopic (exact) mass is 185 g/mol. The van der Waals surface area contributed by atoms with Gasteiger partial charge in [-0.05, 0) is 26.3 Å². The van der Waals surface area contributed by atoms with Crippen LogP contribution in [0.3, 0.4) is 0 Å². The summed E-state index contributed by atoms with van der Waals surface area (Å²) in [6, 6.07) is 0. The molecule has 0 bridgehead atoms. The number of carbonyl (C=O) groups is 1. The summed E-state index contributed by atoms with van der Waals surface area (Å²) in [5.74, 6) is 0.236. The maximum Gasteiger partial charge on any atom is 0.143 e. The van der Waals surface area contributed by atoms with Crippen molar-refractivity contribution in [2.75, 3.05) is 26.2 Å². The second-order valence-corrected chi connectivity index (χ2v) is 3.66. The second-order valence-electron chi connectivity index (χ2n) is 3.66. The summed E-state index contributed by atoms with van der Waals surface area (Å²) in [6.07, 6.45) is 2.68. The Morgan fingerprint density at radius 1 is 1.62 bits per heavy atom. The summed E-state index contributed by atoms with van der Waals surface area (Å²) in [4.78, 5) is 13.1. The number of likely N-dealkylation sites (N-methyl/N-ethyl adjacent to an activating group) is 1. The lowest BCUT2D eigenvalue weighted by Crippen LogP contribution is -2.35. The number of ketones is 1. The van der Waals surface area contributed by atoms with Gasteiger partial charge in [0.2, 0.25) is 0 Å². The molecule has 1 atom stereocenters. The highest BCUT2D eigenvalue weighted by Gasteiger charge is 2.18. The van der Waals surface area contributed by atoms with Crippen molar-refractivity contribution in [3.63, 3.8) is 0 Å². The van der Waals surface area contributed by atoms with Gasteiger partial charge in [0.1, 0.15) is 5.78 Å². The highest BCUT2D eigenvalue weighted by Crippen LogP contribution is 2.12. The van der Waals surface area contributed by atoms with E-state index in [9.17, 15) is 4.79 Å². The molecule has 1 saturated heterocycles. The Kier molecular flexibility index (Phi) is 4.39. The van der Waals surface area contributed by atoms with E-state index in [4.69, 9.17) is 4.74 Å². The smallest absolute Gasteiger partial charge is 0.143 e. The standard InChI is InChI=1S/C10H19NO2/c1-3-11(7-9(2)12)8-10-5-4-6-13-10/h10H,3-8H2,1-2H3. The fraction of sp³-hybridized carbons (Fsp3) is 0.900. The second kappa shape index (κ2) is 5.35. The van der Waals surface area contributed by atoms with Gasteiger partial charge in [-0.1, -0.05) is 6.92 Å². The molecule has 13 heavy (non-hydrogen) atoms. The van der Waals surface area contributed by atoms with Crippen LogP contribution in [0.4, 0.5) is 0 Å². The maximum atomic E-state index is 10.9. The molecule has 0 aromatic carbocycles. The first kappa shape index (κ1) is 10.7. The lowest BCUT2D eigenvalue weighted by molar-refractivity contribution is -0.118. The molecule has 1 unspecified atom stereocenters. The third-order valence-electron chi connectivity index (χ3n) is 2.38. The molecule has 0 radical (unpaired) electrons. The largest absolute Gasteiger partial charge is 0.377 e. The minimum atomic E-state index is 0.236. The number of hydrogen-bond donors (Lipinski definition) is 0. The van der Waals surface area contributed by atoms with Crippen molar-refractivity contribution >= 4 is 5.78 Å². The van der Waals surface area contributed by atoms with Crippen LogP contribution in [0.1, 0.15) is 26.7 Å². The van der Waals surface area contributed by atoms with Crippen molar-refractivity contribution in [3.8, 4) is 0 Å². The minimum Gasteiger partial charge on any atom is -0.377 e. The number of ether oxygens (including phenoxy) is 1. The van der Waals surface area contributed by atoms with Crippen LogP contribution in [0.15, 0.2) is 0 Å². The average Bonchev–Trinajstić information content (AvgIpc) is 2.55. The summed E-state index contributed by atoms with van der Waals surface area (Å²) < 4.78 is 5.51. The Labute approximate surface area is 80.1 Å². The van der Waals surface area contributed by atoms with Crippen LogP contribution in [-0.2, 0) is 9.53 Å². The van der Waals surface area contributed by atoms with Crippen molar-refractivity contribution < 1.29 is 9.53 Å². The van der Waals surface area contributed by atoms with Crippen LogP contribution in [0, 0.1) is 0 Å². The Morgan fingerprint density at radius 3 is 2.85 bits per heavy atom. The van der Waals surface area contributed by atoms with E-state index in [0.29, 0.717) is 12.6 Å². The Balaban J connectivity index is 2.25. The van der Waals surface area contributed by atoms with Gasteiger partial charge in [-0.15, -0.1) is 0 Å². The molecule has 76 valence electrons. The van der Waals surface area contributed by atoms with Crippen molar-refractivity contribution in [3.05, 3.63) is 0 Å². The molecule has 0 N–H and O–H groups in total. The van der Waals surface area contributed by atoms with Gasteiger partial charge in [-0.2, -0.15) is 0 Å². The van der Waals surface area contributed by atoms with E-state index in [0.717, 1.165) is 26.1 Å². The molecule has 3 heteroatoms. The number of rotatable bonds is 5. The predicted molar refractivity (Wildman–Crippen MR) is 51.8 cm³/mol. The van der Waals surface area contributed by atoms with Gasteiger partial charge in [0.05, 0.1) is 12.6 Å².